The van der Waals surface area contributed by atoms with E-state index in [4.69, 9.17) is 5.73 Å². The number of nitrogens with zero attached hydrogens (tertiary/aromatic N) is 1. The minimum Gasteiger partial charge on any atom is -0.368 e. The second-order valence-electron chi connectivity index (χ2n) is 4.67. The number of amides is 1. The van der Waals surface area contributed by atoms with E-state index in [0.29, 0.717) is 0 Å². The van der Waals surface area contributed by atoms with Crippen molar-refractivity contribution in [2.24, 2.45) is 11.7 Å². The van der Waals surface area contributed by atoms with Crippen molar-refractivity contribution in [1.82, 2.24) is 10.2 Å². The lowest BCUT2D eigenvalue weighted by atomic mass is 9.87. The molecule has 0 aromatic heterocycles. The predicted octanol–water partition coefficient (Wildman–Crippen LogP) is 0.818. The molecule has 0 bridgehead atoms. The highest BCUT2D eigenvalue weighted by Gasteiger charge is 2.33. The number of hydrogen-bond donors (Lipinski definition) is 2. The summed E-state index contributed by atoms with van der Waals surface area (Å²) in [7, 11) is 0. The molecule has 1 amide bonds. The van der Waals surface area contributed by atoms with Crippen LogP contribution in [0.3, 0.4) is 0 Å². The third-order valence-electron chi connectivity index (χ3n) is 3.48. The Balaban J connectivity index is 4.19. The summed E-state index contributed by atoms with van der Waals surface area (Å²) >= 11 is 0. The summed E-state index contributed by atoms with van der Waals surface area (Å²) in [4.78, 5) is 13.7. The third-order valence-corrected chi connectivity index (χ3v) is 3.48. The van der Waals surface area contributed by atoms with Gasteiger partial charge in [-0.2, -0.15) is 0 Å². The molecule has 0 aliphatic rings. The highest BCUT2D eigenvalue weighted by atomic mass is 16.1. The number of nitrogens with two attached hydrogens (primary N) is 1. The van der Waals surface area contributed by atoms with E-state index in [-0.39, 0.29) is 11.8 Å². The smallest absolute Gasteiger partial charge is 0.237 e. The normalized spacial score (nSPS) is 15.4. The van der Waals surface area contributed by atoms with Crippen LogP contribution in [0, 0.1) is 5.92 Å². The molecule has 0 saturated carbocycles. The van der Waals surface area contributed by atoms with Crippen molar-refractivity contribution in [1.29, 1.82) is 0 Å². The first-order valence-corrected chi connectivity index (χ1v) is 6.15. The van der Waals surface area contributed by atoms with Crippen LogP contribution in [0.2, 0.25) is 0 Å². The monoisotopic (exact) mass is 229 g/mol. The number of carbonyl (C=O) groups excluding carboxylic acids is 1. The van der Waals surface area contributed by atoms with Crippen LogP contribution in [-0.2, 0) is 4.79 Å². The van der Waals surface area contributed by atoms with Gasteiger partial charge in [0.15, 0.2) is 0 Å². The van der Waals surface area contributed by atoms with E-state index in [2.05, 4.69) is 24.1 Å². The first-order chi connectivity index (χ1) is 7.38. The van der Waals surface area contributed by atoms with Crippen LogP contribution < -0.4 is 11.1 Å². The number of likely N-dealkylation sites (N-methyl/N-ethyl adjacent to an activating group) is 1. The molecule has 0 heterocycles. The van der Waals surface area contributed by atoms with Crippen molar-refractivity contribution < 1.29 is 4.79 Å². The van der Waals surface area contributed by atoms with Gasteiger partial charge in [-0.1, -0.05) is 27.7 Å². The Bertz CT molecular complexity index is 214. The Morgan fingerprint density at radius 2 is 1.88 bits per heavy atom. The molecule has 0 aliphatic carbocycles. The lowest BCUT2D eigenvalue weighted by Crippen LogP contribution is -2.58. The number of carbonyl (C=O) groups is 1. The molecule has 4 nitrogen and oxygen atoms in total. The minimum absolute atomic E-state index is 0.196. The molecule has 0 aliphatic heterocycles. The molecule has 0 fully saturated rings. The van der Waals surface area contributed by atoms with Gasteiger partial charge in [0.1, 0.15) is 0 Å². The maximum Gasteiger partial charge on any atom is 0.237 e. The average molecular weight is 229 g/mol. The van der Waals surface area contributed by atoms with E-state index >= 15 is 0 Å². The minimum atomic E-state index is -0.604. The van der Waals surface area contributed by atoms with E-state index in [1.165, 1.54) is 0 Å². The molecular weight excluding hydrogens is 202 g/mol. The van der Waals surface area contributed by atoms with Crippen LogP contribution in [0.5, 0.6) is 0 Å². The lowest BCUT2D eigenvalue weighted by Gasteiger charge is -2.32. The highest BCUT2D eigenvalue weighted by Crippen LogP contribution is 2.15. The van der Waals surface area contributed by atoms with Crippen molar-refractivity contribution in [3.8, 4) is 0 Å². The summed E-state index contributed by atoms with van der Waals surface area (Å²) in [5, 5.41) is 3.28. The van der Waals surface area contributed by atoms with Gasteiger partial charge >= 0.3 is 0 Å². The van der Waals surface area contributed by atoms with Gasteiger partial charge < -0.3 is 16.0 Å². The van der Waals surface area contributed by atoms with Crippen molar-refractivity contribution in [3.05, 3.63) is 0 Å². The fourth-order valence-electron chi connectivity index (χ4n) is 1.59. The van der Waals surface area contributed by atoms with Gasteiger partial charge in [0.25, 0.3) is 0 Å². The topological polar surface area (TPSA) is 58.4 Å². The molecule has 3 N–H and O–H groups in total. The fourth-order valence-corrected chi connectivity index (χ4v) is 1.59. The van der Waals surface area contributed by atoms with E-state index in [1.54, 1.807) is 0 Å². The summed E-state index contributed by atoms with van der Waals surface area (Å²) in [5.74, 6) is -0.0799. The second kappa shape index (κ2) is 6.86. The summed E-state index contributed by atoms with van der Waals surface area (Å²) in [6, 6.07) is 0. The zero-order chi connectivity index (χ0) is 12.8. The van der Waals surface area contributed by atoms with E-state index in [0.717, 1.165) is 26.2 Å². The lowest BCUT2D eigenvalue weighted by molar-refractivity contribution is -0.125. The van der Waals surface area contributed by atoms with Crippen LogP contribution in [0.1, 0.15) is 34.6 Å². The van der Waals surface area contributed by atoms with E-state index in [1.807, 2.05) is 20.8 Å². The third kappa shape index (κ3) is 4.10. The number of nitrogens with one attached hydrogen (secondary N) is 1. The standard InChI is InChI=1S/C12H27N3O/c1-6-15(7-2)9-8-14-12(5,10(3)4)11(13)16/h10,14H,6-9H2,1-5H3,(H2,13,16). The molecule has 0 spiro atoms. The molecule has 0 rings (SSSR count). The molecule has 16 heavy (non-hydrogen) atoms. The van der Waals surface area contributed by atoms with Crippen LogP contribution >= 0.6 is 0 Å². The van der Waals surface area contributed by atoms with Gasteiger partial charge in [0.05, 0.1) is 5.54 Å². The maximum absolute atomic E-state index is 11.4. The molecule has 1 unspecified atom stereocenters. The molecular formula is C12H27N3O. The quantitative estimate of drug-likeness (QED) is 0.648. The second-order valence-corrected chi connectivity index (χ2v) is 4.67. The SMILES string of the molecule is CCN(CC)CCNC(C)(C(N)=O)C(C)C. The molecule has 0 aromatic rings. The number of primary amides is 1. The van der Waals surface area contributed by atoms with E-state index < -0.39 is 5.54 Å². The maximum atomic E-state index is 11.4. The number of rotatable bonds is 8. The van der Waals surface area contributed by atoms with Crippen LogP contribution in [0.15, 0.2) is 0 Å². The Kier molecular flexibility index (Phi) is 6.60. The molecule has 1 atom stereocenters. The average Bonchev–Trinajstić information content (AvgIpc) is 2.23. The fraction of sp³-hybridized carbons (Fsp3) is 0.917. The van der Waals surface area contributed by atoms with Gasteiger partial charge in [-0.05, 0) is 25.9 Å². The largest absolute Gasteiger partial charge is 0.368 e. The Hall–Kier alpha value is -0.610. The molecule has 0 saturated heterocycles. The Morgan fingerprint density at radius 1 is 1.38 bits per heavy atom. The molecule has 96 valence electrons. The van der Waals surface area contributed by atoms with Crippen molar-refractivity contribution in [3.63, 3.8) is 0 Å². The molecule has 0 radical (unpaired) electrons. The van der Waals surface area contributed by atoms with Crippen LogP contribution in [0.25, 0.3) is 0 Å². The van der Waals surface area contributed by atoms with Gasteiger partial charge in [-0.25, -0.2) is 0 Å². The Morgan fingerprint density at radius 3 is 2.19 bits per heavy atom. The zero-order valence-corrected chi connectivity index (χ0v) is 11.3. The van der Waals surface area contributed by atoms with Crippen molar-refractivity contribution >= 4 is 5.91 Å². The van der Waals surface area contributed by atoms with Crippen LogP contribution in [0.4, 0.5) is 0 Å². The van der Waals surface area contributed by atoms with Gasteiger partial charge in [-0.15, -0.1) is 0 Å². The first kappa shape index (κ1) is 15.4. The summed E-state index contributed by atoms with van der Waals surface area (Å²) in [6.07, 6.45) is 0. The van der Waals surface area contributed by atoms with Gasteiger partial charge in [-0.3, -0.25) is 4.79 Å². The zero-order valence-electron chi connectivity index (χ0n) is 11.3. The molecule has 0 aromatic carbocycles. The Labute approximate surface area is 99.6 Å². The first-order valence-electron chi connectivity index (χ1n) is 6.15. The van der Waals surface area contributed by atoms with E-state index in [9.17, 15) is 4.79 Å². The highest BCUT2D eigenvalue weighted by molar-refractivity contribution is 5.84. The summed E-state index contributed by atoms with van der Waals surface area (Å²) in [5.41, 5.74) is 4.83. The molecule has 4 heteroatoms. The number of hydrogen-bond acceptors (Lipinski definition) is 3. The van der Waals surface area contributed by atoms with Crippen molar-refractivity contribution in [2.45, 2.75) is 40.2 Å². The summed E-state index contributed by atoms with van der Waals surface area (Å²) < 4.78 is 0. The van der Waals surface area contributed by atoms with Gasteiger partial charge in [0.2, 0.25) is 5.91 Å². The van der Waals surface area contributed by atoms with Crippen LogP contribution in [-0.4, -0.2) is 42.5 Å². The summed E-state index contributed by atoms with van der Waals surface area (Å²) in [6.45, 7) is 14.0. The van der Waals surface area contributed by atoms with Gasteiger partial charge in [0, 0.05) is 13.1 Å². The predicted molar refractivity (Wildman–Crippen MR) is 68.2 cm³/mol. The van der Waals surface area contributed by atoms with Crippen molar-refractivity contribution in [2.75, 3.05) is 26.2 Å².